The van der Waals surface area contributed by atoms with Crippen molar-refractivity contribution in [2.24, 2.45) is 0 Å². The number of nitrogens with zero attached hydrogens (tertiary/aromatic N) is 1. The monoisotopic (exact) mass is 433 g/mol. The minimum Gasteiger partial charge on any atom is -0.482 e. The Morgan fingerprint density at radius 1 is 1.10 bits per heavy atom. The molecule has 0 spiro atoms. The third-order valence-electron chi connectivity index (χ3n) is 4.14. The van der Waals surface area contributed by atoms with E-state index in [1.807, 2.05) is 0 Å². The summed E-state index contributed by atoms with van der Waals surface area (Å²) >= 11 is 11.1. The Hall–Kier alpha value is -2.68. The molecule has 0 radical (unpaired) electrons. The number of morpholine rings is 1. The van der Waals surface area contributed by atoms with Crippen molar-refractivity contribution >= 4 is 46.4 Å². The smallest absolute Gasteiger partial charge is 0.264 e. The van der Waals surface area contributed by atoms with Gasteiger partial charge in [0.1, 0.15) is 5.75 Å². The van der Waals surface area contributed by atoms with E-state index in [9.17, 15) is 9.59 Å². The molecule has 0 bridgehead atoms. The second-order valence-electron chi connectivity index (χ2n) is 6.20. The predicted molar refractivity (Wildman–Crippen MR) is 114 cm³/mol. The second-order valence-corrected chi connectivity index (χ2v) is 7.02. The fourth-order valence-electron chi connectivity index (χ4n) is 2.68. The molecule has 152 valence electrons. The number of benzene rings is 2. The van der Waals surface area contributed by atoms with Crippen molar-refractivity contribution in [1.29, 1.82) is 0 Å². The number of rotatable bonds is 5. The number of carbonyl (C=O) groups is 2. The van der Waals surface area contributed by atoms with Crippen LogP contribution in [0.3, 0.4) is 0 Å². The number of hydrogen-bond acceptors (Lipinski definition) is 5. The van der Waals surface area contributed by atoms with E-state index in [4.69, 9.17) is 33.3 Å². The van der Waals surface area contributed by atoms with Crippen LogP contribution in [-0.2, 0) is 9.53 Å². The second kappa shape index (κ2) is 10.2. The van der Waals surface area contributed by atoms with Crippen LogP contribution in [0.15, 0.2) is 48.5 Å². The molecule has 3 rings (SSSR count). The lowest BCUT2D eigenvalue weighted by molar-refractivity contribution is -0.121. The minimum absolute atomic E-state index is 0.0348. The van der Waals surface area contributed by atoms with Gasteiger partial charge in [-0.15, -0.1) is 0 Å². The van der Waals surface area contributed by atoms with Gasteiger partial charge >= 0.3 is 0 Å². The number of anilines is 1. The van der Waals surface area contributed by atoms with E-state index in [1.54, 1.807) is 53.4 Å². The summed E-state index contributed by atoms with van der Waals surface area (Å²) in [7, 11) is 0. The Bertz CT molecular complexity index is 886. The van der Waals surface area contributed by atoms with E-state index >= 15 is 0 Å². The SMILES string of the molecule is O=C(COc1ccccc1Cl)NC(=S)Nc1ccc(C(=O)N2CCOCC2)cc1. The van der Waals surface area contributed by atoms with Crippen LogP contribution in [0.2, 0.25) is 5.02 Å². The number of hydrogen-bond donors (Lipinski definition) is 2. The Kier molecular flexibility index (Phi) is 7.40. The average molecular weight is 434 g/mol. The van der Waals surface area contributed by atoms with Gasteiger partial charge in [0.25, 0.3) is 11.8 Å². The maximum Gasteiger partial charge on any atom is 0.264 e. The summed E-state index contributed by atoms with van der Waals surface area (Å²) in [6.45, 7) is 2.06. The summed E-state index contributed by atoms with van der Waals surface area (Å²) < 4.78 is 10.6. The Morgan fingerprint density at radius 2 is 1.79 bits per heavy atom. The van der Waals surface area contributed by atoms with Gasteiger partial charge in [-0.1, -0.05) is 23.7 Å². The van der Waals surface area contributed by atoms with E-state index in [1.165, 1.54) is 0 Å². The van der Waals surface area contributed by atoms with E-state index in [-0.39, 0.29) is 17.6 Å². The minimum atomic E-state index is -0.415. The van der Waals surface area contributed by atoms with Crippen molar-refractivity contribution in [2.45, 2.75) is 0 Å². The number of amides is 2. The maximum absolute atomic E-state index is 12.4. The maximum atomic E-state index is 12.4. The van der Waals surface area contributed by atoms with Crippen molar-refractivity contribution in [3.63, 3.8) is 0 Å². The normalized spacial score (nSPS) is 13.5. The number of carbonyl (C=O) groups excluding carboxylic acids is 2. The van der Waals surface area contributed by atoms with Gasteiger partial charge < -0.3 is 19.7 Å². The molecule has 2 aromatic carbocycles. The largest absolute Gasteiger partial charge is 0.482 e. The van der Waals surface area contributed by atoms with Gasteiger partial charge in [0.2, 0.25) is 0 Å². The molecular weight excluding hydrogens is 414 g/mol. The van der Waals surface area contributed by atoms with Gasteiger partial charge in [0.05, 0.1) is 18.2 Å². The summed E-state index contributed by atoms with van der Waals surface area (Å²) in [5.74, 6) is -0.0299. The molecule has 7 nitrogen and oxygen atoms in total. The van der Waals surface area contributed by atoms with Gasteiger partial charge in [0.15, 0.2) is 11.7 Å². The third-order valence-corrected chi connectivity index (χ3v) is 4.65. The zero-order valence-electron chi connectivity index (χ0n) is 15.5. The van der Waals surface area contributed by atoms with Crippen LogP contribution in [-0.4, -0.2) is 54.7 Å². The lowest BCUT2D eigenvalue weighted by Gasteiger charge is -2.26. The molecule has 1 saturated heterocycles. The van der Waals surface area contributed by atoms with Gasteiger partial charge in [-0.3, -0.25) is 14.9 Å². The number of halogens is 1. The number of ether oxygens (including phenoxy) is 2. The first kappa shape index (κ1) is 21.0. The van der Waals surface area contributed by atoms with Crippen molar-refractivity contribution in [1.82, 2.24) is 10.2 Å². The topological polar surface area (TPSA) is 79.9 Å². The molecule has 1 aliphatic rings. The summed E-state index contributed by atoms with van der Waals surface area (Å²) in [5, 5.41) is 5.99. The predicted octanol–water partition coefficient (Wildman–Crippen LogP) is 2.70. The van der Waals surface area contributed by atoms with E-state index in [0.29, 0.717) is 48.3 Å². The molecular formula is C20H20ClN3O4S. The molecule has 9 heteroatoms. The first-order valence-corrected chi connectivity index (χ1v) is 9.77. The van der Waals surface area contributed by atoms with Crippen LogP contribution in [0.25, 0.3) is 0 Å². The van der Waals surface area contributed by atoms with Crippen LogP contribution in [0.5, 0.6) is 5.75 Å². The van der Waals surface area contributed by atoms with E-state index < -0.39 is 5.91 Å². The Morgan fingerprint density at radius 3 is 2.48 bits per heavy atom. The van der Waals surface area contributed by atoms with Gasteiger partial charge in [-0.25, -0.2) is 0 Å². The van der Waals surface area contributed by atoms with Crippen LogP contribution in [0.1, 0.15) is 10.4 Å². The van der Waals surface area contributed by atoms with E-state index in [0.717, 1.165) is 0 Å². The lowest BCUT2D eigenvalue weighted by Crippen LogP contribution is -2.40. The molecule has 29 heavy (non-hydrogen) atoms. The highest BCUT2D eigenvalue weighted by molar-refractivity contribution is 7.80. The fraction of sp³-hybridized carbons (Fsp3) is 0.250. The first-order chi connectivity index (χ1) is 14.0. The third kappa shape index (κ3) is 6.15. The average Bonchev–Trinajstić information content (AvgIpc) is 2.74. The first-order valence-electron chi connectivity index (χ1n) is 8.98. The van der Waals surface area contributed by atoms with E-state index in [2.05, 4.69) is 10.6 Å². The highest BCUT2D eigenvalue weighted by Gasteiger charge is 2.18. The molecule has 1 heterocycles. The Labute approximate surface area is 178 Å². The fourth-order valence-corrected chi connectivity index (χ4v) is 3.10. The summed E-state index contributed by atoms with van der Waals surface area (Å²) in [5.41, 5.74) is 1.24. The van der Waals surface area contributed by atoms with Gasteiger partial charge in [-0.2, -0.15) is 0 Å². The summed E-state index contributed by atoms with van der Waals surface area (Å²) in [6.07, 6.45) is 0. The van der Waals surface area contributed by atoms with Gasteiger partial charge in [-0.05, 0) is 48.6 Å². The van der Waals surface area contributed by atoms with Crippen molar-refractivity contribution in [2.75, 3.05) is 38.2 Å². The highest BCUT2D eigenvalue weighted by atomic mass is 35.5. The van der Waals surface area contributed by atoms with Crippen LogP contribution >= 0.6 is 23.8 Å². The number of thiocarbonyl (C=S) groups is 1. The molecule has 0 aliphatic carbocycles. The van der Waals surface area contributed by atoms with Crippen molar-refractivity contribution < 1.29 is 19.1 Å². The Balaban J connectivity index is 1.47. The summed E-state index contributed by atoms with van der Waals surface area (Å²) in [6, 6.07) is 13.8. The zero-order chi connectivity index (χ0) is 20.6. The van der Waals surface area contributed by atoms with Crippen LogP contribution < -0.4 is 15.4 Å². The van der Waals surface area contributed by atoms with Crippen LogP contribution in [0, 0.1) is 0 Å². The molecule has 1 aliphatic heterocycles. The molecule has 0 unspecified atom stereocenters. The number of nitrogens with one attached hydrogen (secondary N) is 2. The number of para-hydroxylation sites is 1. The summed E-state index contributed by atoms with van der Waals surface area (Å²) in [4.78, 5) is 26.2. The zero-order valence-corrected chi connectivity index (χ0v) is 17.1. The van der Waals surface area contributed by atoms with Gasteiger partial charge in [0, 0.05) is 24.3 Å². The quantitative estimate of drug-likeness (QED) is 0.706. The molecule has 2 aromatic rings. The highest BCUT2D eigenvalue weighted by Crippen LogP contribution is 2.22. The molecule has 2 N–H and O–H groups in total. The molecule has 0 atom stereocenters. The van der Waals surface area contributed by atoms with Crippen LogP contribution in [0.4, 0.5) is 5.69 Å². The molecule has 1 fully saturated rings. The standard InChI is InChI=1S/C20H20ClN3O4S/c21-16-3-1-2-4-17(16)28-13-18(25)23-20(29)22-15-7-5-14(6-8-15)19(26)24-9-11-27-12-10-24/h1-8H,9-13H2,(H2,22,23,25,29). The molecule has 2 amide bonds. The molecule has 0 aromatic heterocycles. The lowest BCUT2D eigenvalue weighted by atomic mass is 10.1. The van der Waals surface area contributed by atoms with Crippen molar-refractivity contribution in [3.8, 4) is 5.75 Å². The van der Waals surface area contributed by atoms with Crippen molar-refractivity contribution in [3.05, 3.63) is 59.1 Å². The molecule has 0 saturated carbocycles.